The van der Waals surface area contributed by atoms with Crippen LogP contribution in [-0.2, 0) is 19.2 Å². The van der Waals surface area contributed by atoms with Gasteiger partial charge in [0.25, 0.3) is 0 Å². The molecular formula is C12H16FNO4S. The van der Waals surface area contributed by atoms with Gasteiger partial charge in [0.2, 0.25) is 11.8 Å². The molecule has 106 valence electrons. The van der Waals surface area contributed by atoms with E-state index in [1.165, 1.54) is 16.7 Å². The van der Waals surface area contributed by atoms with Crippen LogP contribution in [0, 0.1) is 0 Å². The largest absolute Gasteiger partial charge is 0.302 e. The summed E-state index contributed by atoms with van der Waals surface area (Å²) in [7, 11) is 0. The summed E-state index contributed by atoms with van der Waals surface area (Å²) in [5.74, 6) is -0.274. The van der Waals surface area contributed by atoms with Crippen molar-refractivity contribution in [1.29, 1.82) is 0 Å². The first-order chi connectivity index (χ1) is 9.06. The van der Waals surface area contributed by atoms with Gasteiger partial charge in [-0.1, -0.05) is 6.42 Å². The fourth-order valence-corrected chi connectivity index (χ4v) is 2.73. The number of nitrogens with zero attached hydrogens (tertiary/aromatic N) is 1. The van der Waals surface area contributed by atoms with E-state index in [2.05, 4.69) is 0 Å². The molecule has 0 spiro atoms. The van der Waals surface area contributed by atoms with Crippen molar-refractivity contribution in [2.75, 3.05) is 12.3 Å². The Labute approximate surface area is 114 Å². The molecule has 1 aliphatic rings. The molecule has 0 aromatic carbocycles. The van der Waals surface area contributed by atoms with E-state index in [-0.39, 0.29) is 30.4 Å². The number of amides is 2. The number of halogens is 1. The Kier molecular flexibility index (Phi) is 6.69. The molecule has 0 aromatic heterocycles. The molecule has 2 amide bonds. The van der Waals surface area contributed by atoms with Crippen LogP contribution in [0.5, 0.6) is 0 Å². The second-order valence-electron chi connectivity index (χ2n) is 4.24. The first-order valence-electron chi connectivity index (χ1n) is 6.14. The highest BCUT2D eigenvalue weighted by Gasteiger charge is 2.38. The number of unbranched alkanes of at least 4 members (excludes halogenated alkanes) is 2. The highest BCUT2D eigenvalue weighted by Crippen LogP contribution is 2.24. The van der Waals surface area contributed by atoms with Crippen molar-refractivity contribution in [3.8, 4) is 0 Å². The van der Waals surface area contributed by atoms with Crippen molar-refractivity contribution in [2.24, 2.45) is 0 Å². The van der Waals surface area contributed by atoms with E-state index in [9.17, 15) is 23.6 Å². The SMILES string of the molecule is O=CCSC1CC(=O)N(CCCCCC(=O)F)C1=O. The number of thioether (sulfide) groups is 1. The van der Waals surface area contributed by atoms with Crippen molar-refractivity contribution in [1.82, 2.24) is 4.90 Å². The highest BCUT2D eigenvalue weighted by atomic mass is 32.2. The molecule has 1 aliphatic heterocycles. The van der Waals surface area contributed by atoms with Crippen LogP contribution in [0.25, 0.3) is 0 Å². The Hall–Kier alpha value is -1.24. The summed E-state index contributed by atoms with van der Waals surface area (Å²) in [5.41, 5.74) is 0. The van der Waals surface area contributed by atoms with Gasteiger partial charge in [0, 0.05) is 25.1 Å². The predicted molar refractivity (Wildman–Crippen MR) is 68.2 cm³/mol. The minimum atomic E-state index is -1.33. The summed E-state index contributed by atoms with van der Waals surface area (Å²) in [6.07, 6.45) is 2.32. The van der Waals surface area contributed by atoms with Crippen molar-refractivity contribution in [3.63, 3.8) is 0 Å². The van der Waals surface area contributed by atoms with Crippen LogP contribution in [0.15, 0.2) is 0 Å². The molecule has 19 heavy (non-hydrogen) atoms. The monoisotopic (exact) mass is 289 g/mol. The number of imide groups is 1. The Morgan fingerprint density at radius 1 is 1.37 bits per heavy atom. The molecule has 1 atom stereocenters. The number of rotatable bonds is 9. The van der Waals surface area contributed by atoms with Gasteiger partial charge in [-0.05, 0) is 12.8 Å². The first-order valence-corrected chi connectivity index (χ1v) is 7.19. The van der Waals surface area contributed by atoms with Crippen LogP contribution in [-0.4, -0.2) is 46.6 Å². The third-order valence-corrected chi connectivity index (χ3v) is 3.92. The lowest BCUT2D eigenvalue weighted by Gasteiger charge is -2.14. The predicted octanol–water partition coefficient (Wildman–Crippen LogP) is 1.10. The maximum atomic E-state index is 11.9. The quantitative estimate of drug-likeness (QED) is 0.275. The fourth-order valence-electron chi connectivity index (χ4n) is 1.88. The average Bonchev–Trinajstić information content (AvgIpc) is 2.62. The van der Waals surface area contributed by atoms with Crippen LogP contribution in [0.4, 0.5) is 4.39 Å². The normalized spacial score (nSPS) is 19.0. The minimum Gasteiger partial charge on any atom is -0.302 e. The van der Waals surface area contributed by atoms with Crippen LogP contribution in [0.3, 0.4) is 0 Å². The number of carbonyl (C=O) groups is 4. The van der Waals surface area contributed by atoms with Crippen molar-refractivity contribution >= 4 is 35.9 Å². The molecule has 0 aromatic rings. The molecule has 1 heterocycles. The molecule has 7 heteroatoms. The van der Waals surface area contributed by atoms with E-state index in [1.807, 2.05) is 0 Å². The summed E-state index contributed by atoms with van der Waals surface area (Å²) in [5, 5.41) is -0.454. The second-order valence-corrected chi connectivity index (χ2v) is 5.48. The van der Waals surface area contributed by atoms with Crippen molar-refractivity contribution in [3.05, 3.63) is 0 Å². The number of hydrogen-bond acceptors (Lipinski definition) is 5. The smallest absolute Gasteiger partial charge is 0.301 e. The van der Waals surface area contributed by atoms with Gasteiger partial charge in [0.05, 0.1) is 5.25 Å². The van der Waals surface area contributed by atoms with E-state index in [4.69, 9.17) is 0 Å². The molecule has 1 saturated heterocycles. The second kappa shape index (κ2) is 8.04. The first kappa shape index (κ1) is 15.8. The number of aldehydes is 1. The molecule has 1 fully saturated rings. The lowest BCUT2D eigenvalue weighted by Crippen LogP contribution is -2.32. The van der Waals surface area contributed by atoms with Crippen molar-refractivity contribution < 1.29 is 23.6 Å². The van der Waals surface area contributed by atoms with Crippen LogP contribution in [0.1, 0.15) is 32.1 Å². The standard InChI is InChI=1S/C12H16FNO4S/c13-10(16)4-2-1-3-5-14-11(17)8-9(12(14)18)19-7-6-15/h6,9H,1-5,7-8H2. The summed E-state index contributed by atoms with van der Waals surface area (Å²) in [4.78, 5) is 45.0. The Morgan fingerprint density at radius 2 is 2.11 bits per heavy atom. The van der Waals surface area contributed by atoms with Gasteiger partial charge in [-0.15, -0.1) is 11.8 Å². The summed E-state index contributed by atoms with van der Waals surface area (Å²) < 4.78 is 11.9. The van der Waals surface area contributed by atoms with E-state index in [1.54, 1.807) is 0 Å². The van der Waals surface area contributed by atoms with Gasteiger partial charge in [-0.3, -0.25) is 19.3 Å². The summed E-state index contributed by atoms with van der Waals surface area (Å²) in [6.45, 7) is 0.302. The molecule has 0 N–H and O–H groups in total. The zero-order valence-electron chi connectivity index (χ0n) is 10.5. The number of carbonyl (C=O) groups excluding carboxylic acids is 4. The van der Waals surface area contributed by atoms with Crippen molar-refractivity contribution in [2.45, 2.75) is 37.4 Å². The van der Waals surface area contributed by atoms with E-state index in [0.29, 0.717) is 32.1 Å². The van der Waals surface area contributed by atoms with E-state index in [0.717, 1.165) is 0 Å². The van der Waals surface area contributed by atoms with Gasteiger partial charge in [0.15, 0.2) is 0 Å². The Morgan fingerprint density at radius 3 is 2.74 bits per heavy atom. The molecule has 5 nitrogen and oxygen atoms in total. The van der Waals surface area contributed by atoms with Gasteiger partial charge in [0.1, 0.15) is 6.29 Å². The maximum Gasteiger partial charge on any atom is 0.301 e. The van der Waals surface area contributed by atoms with E-state index < -0.39 is 11.3 Å². The van der Waals surface area contributed by atoms with Crippen LogP contribution < -0.4 is 0 Å². The van der Waals surface area contributed by atoms with E-state index >= 15 is 0 Å². The molecule has 0 bridgehead atoms. The maximum absolute atomic E-state index is 11.9. The lowest BCUT2D eigenvalue weighted by atomic mass is 10.2. The number of hydrogen-bond donors (Lipinski definition) is 0. The minimum absolute atomic E-state index is 0.111. The lowest BCUT2D eigenvalue weighted by molar-refractivity contribution is -0.138. The summed E-state index contributed by atoms with van der Waals surface area (Å²) >= 11 is 1.17. The molecule has 0 saturated carbocycles. The molecule has 0 aliphatic carbocycles. The molecule has 0 radical (unpaired) electrons. The number of likely N-dealkylation sites (tertiary alicyclic amines) is 1. The average molecular weight is 289 g/mol. The Bertz CT molecular complexity index is 375. The topological polar surface area (TPSA) is 71.5 Å². The Balaban J connectivity index is 2.29. The van der Waals surface area contributed by atoms with Gasteiger partial charge >= 0.3 is 6.04 Å². The third-order valence-electron chi connectivity index (χ3n) is 2.82. The molecule has 1 unspecified atom stereocenters. The van der Waals surface area contributed by atoms with Gasteiger partial charge in [-0.2, -0.15) is 4.39 Å². The molecule has 1 rings (SSSR count). The van der Waals surface area contributed by atoms with Gasteiger partial charge in [-0.25, -0.2) is 0 Å². The molecular weight excluding hydrogens is 273 g/mol. The van der Waals surface area contributed by atoms with Crippen LogP contribution in [0.2, 0.25) is 0 Å². The zero-order valence-corrected chi connectivity index (χ0v) is 11.3. The zero-order chi connectivity index (χ0) is 14.3. The highest BCUT2D eigenvalue weighted by molar-refractivity contribution is 8.01. The third kappa shape index (κ3) is 5.10. The summed E-state index contributed by atoms with van der Waals surface area (Å²) in [6, 6.07) is -1.33. The van der Waals surface area contributed by atoms with Crippen LogP contribution >= 0.6 is 11.8 Å². The fraction of sp³-hybridized carbons (Fsp3) is 0.667. The van der Waals surface area contributed by atoms with Gasteiger partial charge < -0.3 is 4.79 Å².